The number of nitrogens with two attached hydrogens (primary N) is 1. The topological polar surface area (TPSA) is 77.2 Å². The first kappa shape index (κ1) is 12.9. The van der Waals surface area contributed by atoms with E-state index in [1.54, 1.807) is 6.07 Å². The second kappa shape index (κ2) is 5.39. The zero-order chi connectivity index (χ0) is 13.8. The van der Waals surface area contributed by atoms with E-state index in [0.717, 1.165) is 11.3 Å². The SMILES string of the molecule is COC(=O)c1cc(N)cnc1Nc1ccccc1C. The second-order valence-corrected chi connectivity index (χ2v) is 4.10. The van der Waals surface area contributed by atoms with Gasteiger partial charge in [-0.3, -0.25) is 0 Å². The summed E-state index contributed by atoms with van der Waals surface area (Å²) < 4.78 is 4.73. The third-order valence-electron chi connectivity index (χ3n) is 2.71. The molecule has 0 fully saturated rings. The van der Waals surface area contributed by atoms with E-state index in [-0.39, 0.29) is 0 Å². The van der Waals surface area contributed by atoms with Crippen molar-refractivity contribution in [1.29, 1.82) is 0 Å². The number of para-hydroxylation sites is 1. The van der Waals surface area contributed by atoms with Gasteiger partial charge in [0.05, 0.1) is 19.0 Å². The molecule has 0 spiro atoms. The normalized spacial score (nSPS) is 10.0. The van der Waals surface area contributed by atoms with Crippen molar-refractivity contribution in [2.24, 2.45) is 0 Å². The maximum atomic E-state index is 11.7. The lowest BCUT2D eigenvalue weighted by atomic mass is 10.2. The van der Waals surface area contributed by atoms with Gasteiger partial charge in [-0.15, -0.1) is 0 Å². The van der Waals surface area contributed by atoms with Crippen molar-refractivity contribution < 1.29 is 9.53 Å². The Labute approximate surface area is 111 Å². The molecule has 2 aromatic rings. The number of ether oxygens (including phenoxy) is 1. The summed E-state index contributed by atoms with van der Waals surface area (Å²) in [7, 11) is 1.32. The molecule has 19 heavy (non-hydrogen) atoms. The first-order chi connectivity index (χ1) is 9.11. The van der Waals surface area contributed by atoms with Crippen LogP contribution in [-0.2, 0) is 4.74 Å². The van der Waals surface area contributed by atoms with Crippen LogP contribution in [0.25, 0.3) is 0 Å². The van der Waals surface area contributed by atoms with E-state index >= 15 is 0 Å². The molecule has 1 aromatic carbocycles. The maximum absolute atomic E-state index is 11.7. The van der Waals surface area contributed by atoms with Gasteiger partial charge in [-0.1, -0.05) is 18.2 Å². The molecule has 0 aliphatic rings. The number of aryl methyl sites for hydroxylation is 1. The zero-order valence-electron chi connectivity index (χ0n) is 10.8. The number of carbonyl (C=O) groups is 1. The number of anilines is 3. The summed E-state index contributed by atoms with van der Waals surface area (Å²) in [6.07, 6.45) is 1.49. The highest BCUT2D eigenvalue weighted by Gasteiger charge is 2.14. The number of esters is 1. The minimum atomic E-state index is -0.476. The molecule has 0 unspecified atom stereocenters. The van der Waals surface area contributed by atoms with Crippen LogP contribution in [0.2, 0.25) is 0 Å². The van der Waals surface area contributed by atoms with Crippen molar-refractivity contribution in [3.8, 4) is 0 Å². The number of nitrogen functional groups attached to an aromatic ring is 1. The van der Waals surface area contributed by atoms with Crippen LogP contribution in [0, 0.1) is 6.92 Å². The fraction of sp³-hybridized carbons (Fsp3) is 0.143. The van der Waals surface area contributed by atoms with Crippen molar-refractivity contribution >= 4 is 23.2 Å². The van der Waals surface area contributed by atoms with Crippen molar-refractivity contribution in [3.05, 3.63) is 47.7 Å². The summed E-state index contributed by atoms with van der Waals surface area (Å²) in [5, 5.41) is 3.12. The Kier molecular flexibility index (Phi) is 3.66. The molecule has 0 aliphatic carbocycles. The van der Waals surface area contributed by atoms with Crippen molar-refractivity contribution in [2.45, 2.75) is 6.92 Å². The van der Waals surface area contributed by atoms with E-state index in [1.807, 2.05) is 31.2 Å². The number of nitrogens with one attached hydrogen (secondary N) is 1. The third-order valence-corrected chi connectivity index (χ3v) is 2.71. The van der Waals surface area contributed by atoms with Crippen LogP contribution in [0.5, 0.6) is 0 Å². The van der Waals surface area contributed by atoms with E-state index in [4.69, 9.17) is 10.5 Å². The fourth-order valence-corrected chi connectivity index (χ4v) is 1.69. The Morgan fingerprint density at radius 2 is 2.11 bits per heavy atom. The van der Waals surface area contributed by atoms with Gasteiger partial charge in [0.1, 0.15) is 11.4 Å². The fourth-order valence-electron chi connectivity index (χ4n) is 1.69. The van der Waals surface area contributed by atoms with E-state index in [9.17, 15) is 4.79 Å². The molecule has 0 amide bonds. The number of carbonyl (C=O) groups excluding carboxylic acids is 1. The lowest BCUT2D eigenvalue weighted by Gasteiger charge is -2.12. The maximum Gasteiger partial charge on any atom is 0.341 e. The second-order valence-electron chi connectivity index (χ2n) is 4.10. The minimum absolute atomic E-state index is 0.311. The predicted octanol–water partition coefficient (Wildman–Crippen LogP) is 2.50. The zero-order valence-corrected chi connectivity index (χ0v) is 10.8. The van der Waals surface area contributed by atoms with E-state index in [0.29, 0.717) is 17.1 Å². The molecule has 3 N–H and O–H groups in total. The standard InChI is InChI=1S/C14H15N3O2/c1-9-5-3-4-6-12(9)17-13-11(14(18)19-2)7-10(15)8-16-13/h3-8H,15H2,1-2H3,(H,16,17). The van der Waals surface area contributed by atoms with Crippen LogP contribution in [0.3, 0.4) is 0 Å². The molecule has 0 atom stereocenters. The minimum Gasteiger partial charge on any atom is -0.465 e. The molecule has 5 nitrogen and oxygen atoms in total. The number of hydrogen-bond donors (Lipinski definition) is 2. The molecule has 0 radical (unpaired) electrons. The van der Waals surface area contributed by atoms with E-state index in [2.05, 4.69) is 10.3 Å². The molecule has 1 aromatic heterocycles. The van der Waals surface area contributed by atoms with Gasteiger partial charge < -0.3 is 15.8 Å². The number of aromatic nitrogens is 1. The molecule has 0 aliphatic heterocycles. The van der Waals surface area contributed by atoms with Gasteiger partial charge in [0.25, 0.3) is 0 Å². The Morgan fingerprint density at radius 1 is 1.37 bits per heavy atom. The lowest BCUT2D eigenvalue weighted by molar-refractivity contribution is 0.0601. The summed E-state index contributed by atoms with van der Waals surface area (Å²) in [5.41, 5.74) is 8.30. The van der Waals surface area contributed by atoms with Crippen LogP contribution in [0.1, 0.15) is 15.9 Å². The smallest absolute Gasteiger partial charge is 0.341 e. The largest absolute Gasteiger partial charge is 0.465 e. The number of pyridine rings is 1. The average Bonchev–Trinajstić information content (AvgIpc) is 2.42. The van der Waals surface area contributed by atoms with Crippen LogP contribution in [0.15, 0.2) is 36.5 Å². The van der Waals surface area contributed by atoms with Crippen molar-refractivity contribution in [1.82, 2.24) is 4.98 Å². The summed E-state index contributed by atoms with van der Waals surface area (Å²) >= 11 is 0. The molecular formula is C14H15N3O2. The molecule has 2 rings (SSSR count). The first-order valence-electron chi connectivity index (χ1n) is 5.78. The first-order valence-corrected chi connectivity index (χ1v) is 5.78. The van der Waals surface area contributed by atoms with Crippen molar-refractivity contribution in [2.75, 3.05) is 18.2 Å². The molecule has 5 heteroatoms. The Bertz CT molecular complexity index is 611. The third kappa shape index (κ3) is 2.82. The Balaban J connectivity index is 2.40. The highest BCUT2D eigenvalue weighted by Crippen LogP contribution is 2.23. The number of hydrogen-bond acceptors (Lipinski definition) is 5. The quantitative estimate of drug-likeness (QED) is 0.826. The molecule has 0 saturated carbocycles. The van der Waals surface area contributed by atoms with E-state index < -0.39 is 5.97 Å². The Hall–Kier alpha value is -2.56. The van der Waals surface area contributed by atoms with E-state index in [1.165, 1.54) is 13.3 Å². The molecular weight excluding hydrogens is 242 g/mol. The molecule has 1 heterocycles. The van der Waals surface area contributed by atoms with Gasteiger partial charge in [0, 0.05) is 5.69 Å². The van der Waals surface area contributed by atoms with Gasteiger partial charge in [-0.2, -0.15) is 0 Å². The summed E-state index contributed by atoms with van der Waals surface area (Å²) in [5.74, 6) is -0.0498. The predicted molar refractivity (Wildman–Crippen MR) is 74.5 cm³/mol. The van der Waals surface area contributed by atoms with Gasteiger partial charge in [-0.05, 0) is 24.6 Å². The Morgan fingerprint density at radius 3 is 2.79 bits per heavy atom. The van der Waals surface area contributed by atoms with Crippen LogP contribution in [-0.4, -0.2) is 18.1 Å². The van der Waals surface area contributed by atoms with Crippen LogP contribution in [0.4, 0.5) is 17.2 Å². The van der Waals surface area contributed by atoms with Crippen LogP contribution < -0.4 is 11.1 Å². The van der Waals surface area contributed by atoms with Gasteiger partial charge >= 0.3 is 5.97 Å². The average molecular weight is 257 g/mol. The van der Waals surface area contributed by atoms with Crippen LogP contribution >= 0.6 is 0 Å². The van der Waals surface area contributed by atoms with Gasteiger partial charge in [0.2, 0.25) is 0 Å². The number of rotatable bonds is 3. The summed E-state index contributed by atoms with van der Waals surface area (Å²) in [6.45, 7) is 1.97. The number of benzene rings is 1. The molecule has 0 saturated heterocycles. The highest BCUT2D eigenvalue weighted by atomic mass is 16.5. The summed E-state index contributed by atoms with van der Waals surface area (Å²) in [6, 6.07) is 9.27. The molecule has 98 valence electrons. The van der Waals surface area contributed by atoms with Gasteiger partial charge in [0.15, 0.2) is 0 Å². The molecule has 0 bridgehead atoms. The number of nitrogens with zero attached hydrogens (tertiary/aromatic N) is 1. The number of methoxy groups -OCH3 is 1. The van der Waals surface area contributed by atoms with Crippen molar-refractivity contribution in [3.63, 3.8) is 0 Å². The monoisotopic (exact) mass is 257 g/mol. The highest BCUT2D eigenvalue weighted by molar-refractivity contribution is 5.96. The lowest BCUT2D eigenvalue weighted by Crippen LogP contribution is -2.08. The summed E-state index contributed by atoms with van der Waals surface area (Å²) in [4.78, 5) is 15.9. The van der Waals surface area contributed by atoms with Gasteiger partial charge in [-0.25, -0.2) is 9.78 Å².